The predicted molar refractivity (Wildman–Crippen MR) is 145 cm³/mol. The maximum Gasteiger partial charge on any atom is 0.301 e. The number of Topliss-reactive ketones (excluding diaryl/α,β-unsaturated/α-hetero) is 1. The normalized spacial score (nSPS) is 16.9. The van der Waals surface area contributed by atoms with Gasteiger partial charge in [0.25, 0.3) is 5.78 Å². The summed E-state index contributed by atoms with van der Waals surface area (Å²) < 4.78 is 0.643. The van der Waals surface area contributed by atoms with E-state index in [4.69, 9.17) is 0 Å². The number of anilines is 1. The largest absolute Gasteiger partial charge is 0.508 e. The minimum Gasteiger partial charge on any atom is -0.508 e. The van der Waals surface area contributed by atoms with Crippen LogP contribution in [0.2, 0.25) is 0 Å². The number of hydrogen-bond acceptors (Lipinski definition) is 8. The van der Waals surface area contributed by atoms with Crippen LogP contribution < -0.4 is 4.90 Å². The van der Waals surface area contributed by atoms with Gasteiger partial charge in [-0.3, -0.25) is 14.5 Å². The minimum absolute atomic E-state index is 0.0220. The van der Waals surface area contributed by atoms with E-state index in [1.807, 2.05) is 56.3 Å². The van der Waals surface area contributed by atoms with Crippen molar-refractivity contribution in [1.29, 1.82) is 0 Å². The first-order chi connectivity index (χ1) is 17.8. The summed E-state index contributed by atoms with van der Waals surface area (Å²) in [6, 6.07) is 20.8. The van der Waals surface area contributed by atoms with Gasteiger partial charge in [0.2, 0.25) is 5.13 Å². The van der Waals surface area contributed by atoms with Crippen LogP contribution in [0.5, 0.6) is 5.75 Å². The number of aliphatic hydroxyl groups excluding tert-OH is 1. The second-order valence-corrected chi connectivity index (χ2v) is 10.9. The number of carbonyl (C=O) groups excluding carboxylic acids is 2. The van der Waals surface area contributed by atoms with Gasteiger partial charge in [-0.05, 0) is 48.7 Å². The van der Waals surface area contributed by atoms with Gasteiger partial charge in [-0.15, -0.1) is 10.2 Å². The molecule has 37 heavy (non-hydrogen) atoms. The Labute approximate surface area is 222 Å². The number of aryl methyl sites for hydroxylation is 2. The predicted octanol–water partition coefficient (Wildman–Crippen LogP) is 5.78. The second-order valence-electron chi connectivity index (χ2n) is 8.71. The number of aromatic nitrogens is 2. The summed E-state index contributed by atoms with van der Waals surface area (Å²) >= 11 is 2.68. The third-order valence-electron chi connectivity index (χ3n) is 6.09. The average Bonchev–Trinajstić information content (AvgIpc) is 3.46. The maximum atomic E-state index is 13.4. The van der Waals surface area contributed by atoms with E-state index in [9.17, 15) is 19.8 Å². The Morgan fingerprint density at radius 3 is 2.54 bits per heavy atom. The van der Waals surface area contributed by atoms with Crippen molar-refractivity contribution in [3.05, 3.63) is 106 Å². The summed E-state index contributed by atoms with van der Waals surface area (Å²) in [4.78, 5) is 28.0. The number of aromatic hydroxyl groups is 1. The van der Waals surface area contributed by atoms with Gasteiger partial charge in [-0.25, -0.2) is 0 Å². The van der Waals surface area contributed by atoms with Crippen molar-refractivity contribution in [3.63, 3.8) is 0 Å². The Bertz CT molecular complexity index is 1530. The average molecular weight is 530 g/mol. The Hall–Kier alpha value is -3.95. The van der Waals surface area contributed by atoms with Crippen LogP contribution in [0.15, 0.2) is 82.7 Å². The van der Waals surface area contributed by atoms with Crippen LogP contribution in [0.3, 0.4) is 0 Å². The second kappa shape index (κ2) is 10.2. The zero-order valence-corrected chi connectivity index (χ0v) is 21.7. The molecule has 5 rings (SSSR count). The number of ketones is 1. The molecule has 0 radical (unpaired) electrons. The number of thioether (sulfide) groups is 1. The number of aliphatic hydroxyl groups is 1. The topological polar surface area (TPSA) is 104 Å². The maximum absolute atomic E-state index is 13.4. The molecule has 0 spiro atoms. The summed E-state index contributed by atoms with van der Waals surface area (Å²) in [5, 5.41) is 30.2. The van der Waals surface area contributed by atoms with Gasteiger partial charge in [0.1, 0.15) is 11.5 Å². The SMILES string of the molecule is Cc1ccc(C)c(C(O)=C2C(=O)C(=O)N(c3nnc(SCc4ccccc4)s3)C2c2cccc(O)c2)c1. The minimum atomic E-state index is -0.980. The molecular formula is C28H23N3O4S2. The standard InChI is InChI=1S/C28H23N3O4S2/c1-16-11-12-17(2)21(13-16)24(33)22-23(19-9-6-10-20(32)14-19)31(26(35)25(22)34)27-29-30-28(37-27)36-15-18-7-4-3-5-8-18/h3-14,23,32-33H,15H2,1-2H3. The monoisotopic (exact) mass is 529 g/mol. The fourth-order valence-electron chi connectivity index (χ4n) is 4.25. The van der Waals surface area contributed by atoms with E-state index in [-0.39, 0.29) is 22.2 Å². The van der Waals surface area contributed by atoms with Crippen molar-refractivity contribution >= 4 is 45.7 Å². The van der Waals surface area contributed by atoms with Crippen LogP contribution in [-0.2, 0) is 15.3 Å². The van der Waals surface area contributed by atoms with Crippen molar-refractivity contribution in [2.75, 3.05) is 4.90 Å². The Morgan fingerprint density at radius 2 is 1.78 bits per heavy atom. The van der Waals surface area contributed by atoms with Crippen molar-refractivity contribution < 1.29 is 19.8 Å². The van der Waals surface area contributed by atoms with Gasteiger partial charge in [0.15, 0.2) is 4.34 Å². The van der Waals surface area contributed by atoms with Gasteiger partial charge >= 0.3 is 5.91 Å². The number of hydrogen-bond donors (Lipinski definition) is 2. The first-order valence-electron chi connectivity index (χ1n) is 11.5. The van der Waals surface area contributed by atoms with E-state index in [2.05, 4.69) is 10.2 Å². The summed E-state index contributed by atoms with van der Waals surface area (Å²) in [5.74, 6) is -1.24. The number of phenolic OH excluding ortho intramolecular Hbond substituents is 1. The number of amides is 1. The highest BCUT2D eigenvalue weighted by molar-refractivity contribution is 8.00. The van der Waals surface area contributed by atoms with Crippen molar-refractivity contribution in [2.24, 2.45) is 0 Å². The first kappa shape index (κ1) is 24.7. The van der Waals surface area contributed by atoms with E-state index >= 15 is 0 Å². The van der Waals surface area contributed by atoms with Gasteiger partial charge < -0.3 is 10.2 Å². The van der Waals surface area contributed by atoms with Crippen LogP contribution in [0.1, 0.15) is 33.9 Å². The van der Waals surface area contributed by atoms with Crippen molar-refractivity contribution in [1.82, 2.24) is 10.2 Å². The van der Waals surface area contributed by atoms with E-state index in [0.717, 1.165) is 16.7 Å². The van der Waals surface area contributed by atoms with E-state index < -0.39 is 17.7 Å². The lowest BCUT2D eigenvalue weighted by atomic mass is 9.93. The fraction of sp³-hybridized carbons (Fsp3) is 0.143. The number of benzene rings is 3. The molecular weight excluding hydrogens is 506 g/mol. The number of carbonyl (C=O) groups is 2. The first-order valence-corrected chi connectivity index (χ1v) is 13.3. The molecule has 1 saturated heterocycles. The lowest BCUT2D eigenvalue weighted by Crippen LogP contribution is -2.29. The van der Waals surface area contributed by atoms with E-state index in [1.165, 1.54) is 40.1 Å². The highest BCUT2D eigenvalue weighted by atomic mass is 32.2. The number of rotatable bonds is 6. The molecule has 1 aromatic heterocycles. The molecule has 1 unspecified atom stereocenters. The molecule has 1 atom stereocenters. The fourth-order valence-corrected chi connectivity index (χ4v) is 6.08. The third-order valence-corrected chi connectivity index (χ3v) is 8.21. The molecule has 0 bridgehead atoms. The van der Waals surface area contributed by atoms with Crippen molar-refractivity contribution in [2.45, 2.75) is 30.0 Å². The highest BCUT2D eigenvalue weighted by Gasteiger charge is 2.48. The van der Waals surface area contributed by atoms with Gasteiger partial charge in [0.05, 0.1) is 11.6 Å². The molecule has 0 aliphatic carbocycles. The van der Waals surface area contributed by atoms with Crippen LogP contribution in [0, 0.1) is 13.8 Å². The highest BCUT2D eigenvalue weighted by Crippen LogP contribution is 2.44. The molecule has 9 heteroatoms. The lowest BCUT2D eigenvalue weighted by Gasteiger charge is -2.23. The zero-order valence-electron chi connectivity index (χ0n) is 20.1. The molecule has 1 aliphatic heterocycles. The van der Waals surface area contributed by atoms with E-state index in [0.29, 0.717) is 21.2 Å². The van der Waals surface area contributed by atoms with Gasteiger partial charge in [-0.1, -0.05) is 83.3 Å². The smallest absolute Gasteiger partial charge is 0.301 e. The third kappa shape index (κ3) is 4.87. The quantitative estimate of drug-likeness (QED) is 0.107. The number of nitrogens with zero attached hydrogens (tertiary/aromatic N) is 3. The molecule has 2 N–H and O–H groups in total. The molecule has 7 nitrogen and oxygen atoms in total. The zero-order chi connectivity index (χ0) is 26.1. The molecule has 1 fully saturated rings. The lowest BCUT2D eigenvalue weighted by molar-refractivity contribution is -0.132. The van der Waals surface area contributed by atoms with Crippen LogP contribution in [0.4, 0.5) is 5.13 Å². The Kier molecular flexibility index (Phi) is 6.82. The molecule has 3 aromatic carbocycles. The summed E-state index contributed by atoms with van der Waals surface area (Å²) in [5.41, 5.74) is 3.68. The van der Waals surface area contributed by atoms with Crippen LogP contribution in [0.25, 0.3) is 5.76 Å². The molecule has 1 aliphatic rings. The Morgan fingerprint density at radius 1 is 1.00 bits per heavy atom. The summed E-state index contributed by atoms with van der Waals surface area (Å²) in [6.45, 7) is 3.71. The van der Waals surface area contributed by atoms with Gasteiger partial charge in [0, 0.05) is 11.3 Å². The van der Waals surface area contributed by atoms with Gasteiger partial charge in [-0.2, -0.15) is 0 Å². The molecule has 0 saturated carbocycles. The number of phenols is 1. The molecule has 2 heterocycles. The van der Waals surface area contributed by atoms with Crippen LogP contribution in [-0.4, -0.2) is 32.1 Å². The van der Waals surface area contributed by atoms with E-state index in [1.54, 1.807) is 18.2 Å². The van der Waals surface area contributed by atoms with Crippen LogP contribution >= 0.6 is 23.1 Å². The molecule has 186 valence electrons. The molecule has 1 amide bonds. The molecule has 4 aromatic rings. The van der Waals surface area contributed by atoms with Crippen molar-refractivity contribution in [3.8, 4) is 5.75 Å². The summed E-state index contributed by atoms with van der Waals surface area (Å²) in [6.07, 6.45) is 0. The summed E-state index contributed by atoms with van der Waals surface area (Å²) in [7, 11) is 0. The Balaban J connectivity index is 1.58.